The third kappa shape index (κ3) is 3.55. The molecule has 1 aromatic rings. The van der Waals surface area contributed by atoms with Gasteiger partial charge in [-0.05, 0) is 19.3 Å². The summed E-state index contributed by atoms with van der Waals surface area (Å²) in [5.41, 5.74) is 0. The summed E-state index contributed by atoms with van der Waals surface area (Å²) in [5, 5.41) is 3.00. The molecule has 0 aromatic carbocycles. The average molecular weight is 324 g/mol. The van der Waals surface area contributed by atoms with Crippen molar-refractivity contribution in [3.63, 3.8) is 0 Å². The number of sulfone groups is 1. The van der Waals surface area contributed by atoms with Gasteiger partial charge in [-0.15, -0.1) is 0 Å². The van der Waals surface area contributed by atoms with E-state index < -0.39 is 9.84 Å². The van der Waals surface area contributed by atoms with Gasteiger partial charge in [0, 0.05) is 31.5 Å². The molecule has 1 aromatic heterocycles. The number of aromatic nitrogens is 2. The monoisotopic (exact) mass is 324 g/mol. The fourth-order valence-corrected chi connectivity index (χ4v) is 4.77. The lowest BCUT2D eigenvalue weighted by Crippen LogP contribution is -2.46. The van der Waals surface area contributed by atoms with E-state index in [0.29, 0.717) is 6.42 Å². The maximum absolute atomic E-state index is 12.1. The van der Waals surface area contributed by atoms with Gasteiger partial charge in [-0.1, -0.05) is 0 Å². The Morgan fingerprint density at radius 3 is 2.59 bits per heavy atom. The number of piperidine rings is 1. The van der Waals surface area contributed by atoms with Crippen LogP contribution in [0.1, 0.15) is 19.3 Å². The molecule has 2 saturated heterocycles. The Hall–Kier alpha value is -1.70. The fraction of sp³-hybridized carbons (Fsp3) is 0.643. The molecule has 2 aliphatic rings. The minimum Gasteiger partial charge on any atom is -0.355 e. The van der Waals surface area contributed by atoms with E-state index in [1.807, 2.05) is 0 Å². The summed E-state index contributed by atoms with van der Waals surface area (Å²) in [4.78, 5) is 22.6. The highest BCUT2D eigenvalue weighted by molar-refractivity contribution is 7.91. The smallest absolute Gasteiger partial charge is 0.224 e. The number of carbonyl (C=O) groups excluding carboxylic acids is 1. The van der Waals surface area contributed by atoms with Crippen LogP contribution < -0.4 is 10.2 Å². The van der Waals surface area contributed by atoms with Gasteiger partial charge in [0.15, 0.2) is 9.84 Å². The standard InChI is InChI=1S/C14H20N4O3S/c19-14(11-3-8-22(20,21)10-11)17-12-1-6-18(7-2-12)13-9-15-4-5-16-13/h4-5,9,11-12H,1-3,6-8,10H2,(H,17,19)/t11-/m0/s1. The molecule has 0 unspecified atom stereocenters. The molecule has 3 rings (SSSR count). The van der Waals surface area contributed by atoms with E-state index in [-0.39, 0.29) is 29.4 Å². The number of anilines is 1. The number of nitrogens with one attached hydrogen (secondary N) is 1. The zero-order chi connectivity index (χ0) is 15.6. The molecule has 0 bridgehead atoms. The van der Waals surface area contributed by atoms with Crippen LogP contribution in [0.3, 0.4) is 0 Å². The van der Waals surface area contributed by atoms with Gasteiger partial charge in [-0.2, -0.15) is 0 Å². The Morgan fingerprint density at radius 1 is 1.23 bits per heavy atom. The molecule has 1 amide bonds. The van der Waals surface area contributed by atoms with E-state index in [1.54, 1.807) is 18.6 Å². The zero-order valence-electron chi connectivity index (χ0n) is 12.3. The van der Waals surface area contributed by atoms with Crippen molar-refractivity contribution in [2.24, 2.45) is 5.92 Å². The SMILES string of the molecule is O=C(NC1CCN(c2cnccn2)CC1)[C@H]1CCS(=O)(=O)C1. The summed E-state index contributed by atoms with van der Waals surface area (Å²) in [6.45, 7) is 1.62. The van der Waals surface area contributed by atoms with Gasteiger partial charge >= 0.3 is 0 Å². The second-order valence-corrected chi connectivity index (χ2v) is 8.16. The van der Waals surface area contributed by atoms with Crippen molar-refractivity contribution in [2.45, 2.75) is 25.3 Å². The second kappa shape index (κ2) is 6.20. The molecular weight excluding hydrogens is 304 g/mol. The van der Waals surface area contributed by atoms with Crippen LogP contribution in [0.2, 0.25) is 0 Å². The molecule has 120 valence electrons. The molecular formula is C14H20N4O3S. The van der Waals surface area contributed by atoms with Gasteiger partial charge in [0.1, 0.15) is 5.82 Å². The Bertz CT molecular complexity index is 627. The molecule has 8 heteroatoms. The summed E-state index contributed by atoms with van der Waals surface area (Å²) < 4.78 is 22.9. The molecule has 1 atom stereocenters. The normalized spacial score (nSPS) is 25.1. The van der Waals surface area contributed by atoms with E-state index in [9.17, 15) is 13.2 Å². The second-order valence-electron chi connectivity index (χ2n) is 5.93. The predicted octanol–water partition coefficient (Wildman–Crippen LogP) is -0.00370. The summed E-state index contributed by atoms with van der Waals surface area (Å²) >= 11 is 0. The number of rotatable bonds is 3. The van der Waals surface area contributed by atoms with Crippen molar-refractivity contribution in [3.05, 3.63) is 18.6 Å². The topological polar surface area (TPSA) is 92.3 Å². The molecule has 1 N–H and O–H groups in total. The number of amides is 1. The minimum absolute atomic E-state index is 0.00270. The van der Waals surface area contributed by atoms with E-state index in [1.165, 1.54) is 0 Å². The van der Waals surface area contributed by atoms with Gasteiger partial charge < -0.3 is 10.2 Å². The van der Waals surface area contributed by atoms with Crippen LogP contribution in [-0.2, 0) is 14.6 Å². The number of hydrogen-bond acceptors (Lipinski definition) is 6. The summed E-state index contributed by atoms with van der Waals surface area (Å²) in [6.07, 6.45) is 7.17. The van der Waals surface area contributed by atoms with Crippen LogP contribution in [0.25, 0.3) is 0 Å². The first-order valence-corrected chi connectivity index (χ1v) is 9.37. The molecule has 2 aliphatic heterocycles. The Balaban J connectivity index is 1.49. The first kappa shape index (κ1) is 15.2. The van der Waals surface area contributed by atoms with Crippen LogP contribution in [-0.4, -0.2) is 54.9 Å². The highest BCUT2D eigenvalue weighted by Crippen LogP contribution is 2.20. The summed E-state index contributed by atoms with van der Waals surface area (Å²) in [7, 11) is -3.01. The molecule has 7 nitrogen and oxygen atoms in total. The highest BCUT2D eigenvalue weighted by Gasteiger charge is 2.34. The van der Waals surface area contributed by atoms with Gasteiger partial charge in [0.25, 0.3) is 0 Å². The van der Waals surface area contributed by atoms with E-state index in [4.69, 9.17) is 0 Å². The number of carbonyl (C=O) groups is 1. The van der Waals surface area contributed by atoms with Gasteiger partial charge in [0.05, 0.1) is 23.6 Å². The van der Waals surface area contributed by atoms with Gasteiger partial charge in [0.2, 0.25) is 5.91 Å². The maximum atomic E-state index is 12.1. The molecule has 2 fully saturated rings. The fourth-order valence-electron chi connectivity index (χ4n) is 3.03. The van der Waals surface area contributed by atoms with E-state index >= 15 is 0 Å². The van der Waals surface area contributed by atoms with Crippen molar-refractivity contribution in [2.75, 3.05) is 29.5 Å². The molecule has 22 heavy (non-hydrogen) atoms. The molecule has 0 spiro atoms. The summed E-state index contributed by atoms with van der Waals surface area (Å²) in [5.74, 6) is 0.504. The largest absolute Gasteiger partial charge is 0.355 e. The van der Waals surface area contributed by atoms with Crippen molar-refractivity contribution < 1.29 is 13.2 Å². The lowest BCUT2D eigenvalue weighted by atomic mass is 10.0. The minimum atomic E-state index is -3.01. The molecule has 0 aliphatic carbocycles. The number of nitrogens with zero attached hydrogens (tertiary/aromatic N) is 3. The van der Waals surface area contributed by atoms with E-state index in [2.05, 4.69) is 20.2 Å². The Kier molecular flexibility index (Phi) is 4.28. The third-order valence-corrected chi connectivity index (χ3v) is 6.09. The lowest BCUT2D eigenvalue weighted by Gasteiger charge is -2.33. The Morgan fingerprint density at radius 2 is 2.00 bits per heavy atom. The Labute approximate surface area is 130 Å². The van der Waals surface area contributed by atoms with Gasteiger partial charge in [-0.25, -0.2) is 13.4 Å². The molecule has 3 heterocycles. The first-order chi connectivity index (χ1) is 10.5. The predicted molar refractivity (Wildman–Crippen MR) is 82.2 cm³/mol. The van der Waals surface area contributed by atoms with Crippen LogP contribution in [0.5, 0.6) is 0 Å². The van der Waals surface area contributed by atoms with Crippen molar-refractivity contribution in [1.82, 2.24) is 15.3 Å². The van der Waals surface area contributed by atoms with E-state index in [0.717, 1.165) is 31.7 Å². The van der Waals surface area contributed by atoms with Crippen molar-refractivity contribution >= 4 is 21.6 Å². The third-order valence-electron chi connectivity index (χ3n) is 4.32. The van der Waals surface area contributed by atoms with Crippen LogP contribution in [0.15, 0.2) is 18.6 Å². The quantitative estimate of drug-likeness (QED) is 0.841. The van der Waals surface area contributed by atoms with Crippen LogP contribution in [0, 0.1) is 5.92 Å². The first-order valence-electron chi connectivity index (χ1n) is 7.55. The van der Waals surface area contributed by atoms with Gasteiger partial charge in [-0.3, -0.25) is 9.78 Å². The molecule has 0 radical (unpaired) electrons. The van der Waals surface area contributed by atoms with Crippen LogP contribution >= 0.6 is 0 Å². The van der Waals surface area contributed by atoms with Crippen molar-refractivity contribution in [1.29, 1.82) is 0 Å². The van der Waals surface area contributed by atoms with Crippen LogP contribution in [0.4, 0.5) is 5.82 Å². The summed E-state index contributed by atoms with van der Waals surface area (Å²) in [6, 6.07) is 0.115. The average Bonchev–Trinajstić information content (AvgIpc) is 2.89. The highest BCUT2D eigenvalue weighted by atomic mass is 32.2. The maximum Gasteiger partial charge on any atom is 0.224 e. The number of hydrogen-bond donors (Lipinski definition) is 1. The lowest BCUT2D eigenvalue weighted by molar-refractivity contribution is -0.125. The zero-order valence-corrected chi connectivity index (χ0v) is 13.1. The van der Waals surface area contributed by atoms with Crippen molar-refractivity contribution in [3.8, 4) is 0 Å². The molecule has 0 saturated carbocycles.